The molecule has 106 valence electrons. The van der Waals surface area contributed by atoms with Gasteiger partial charge in [0.15, 0.2) is 0 Å². The predicted molar refractivity (Wildman–Crippen MR) is 80.3 cm³/mol. The van der Waals surface area contributed by atoms with Gasteiger partial charge in [-0.15, -0.1) is 0 Å². The van der Waals surface area contributed by atoms with E-state index in [9.17, 15) is 0 Å². The first-order valence-electron chi connectivity index (χ1n) is 8.08. The average Bonchev–Trinajstić information content (AvgIpc) is 3.33. The van der Waals surface area contributed by atoms with Crippen LogP contribution in [-0.2, 0) is 0 Å². The highest BCUT2D eigenvalue weighted by Gasteiger charge is 2.27. The van der Waals surface area contributed by atoms with Crippen LogP contribution in [0.15, 0.2) is 16.8 Å². The Morgan fingerprint density at radius 2 is 1.95 bits per heavy atom. The Hall–Kier alpha value is -0.830. The zero-order valence-corrected chi connectivity index (χ0v) is 12.2. The number of hydrogen-bond acceptors (Lipinski definition) is 2. The molecule has 3 rings (SSSR count). The first-order chi connectivity index (χ1) is 9.36. The van der Waals surface area contributed by atoms with Gasteiger partial charge in [0.25, 0.3) is 0 Å². The number of aliphatic imine (C=N–C) groups is 1. The number of hydrogen-bond donors (Lipinski definition) is 1. The van der Waals surface area contributed by atoms with Crippen LogP contribution in [0, 0.1) is 11.8 Å². The van der Waals surface area contributed by atoms with Gasteiger partial charge in [-0.25, -0.2) is 4.99 Å². The van der Waals surface area contributed by atoms with Gasteiger partial charge in [-0.1, -0.05) is 6.92 Å². The molecule has 1 aliphatic heterocycles. The summed E-state index contributed by atoms with van der Waals surface area (Å²) in [6.45, 7) is 6.74. The molecule has 1 heterocycles. The van der Waals surface area contributed by atoms with Crippen molar-refractivity contribution in [1.82, 2.24) is 10.2 Å². The molecule has 1 N–H and O–H groups in total. The van der Waals surface area contributed by atoms with Gasteiger partial charge < -0.3 is 10.2 Å². The highest BCUT2D eigenvalue weighted by Crippen LogP contribution is 2.38. The molecular formula is C16H27N3. The fourth-order valence-electron chi connectivity index (χ4n) is 2.86. The zero-order chi connectivity index (χ0) is 13.1. The topological polar surface area (TPSA) is 27.6 Å². The number of allylic oxidation sites excluding steroid dienone is 1. The Bertz CT molecular complexity index is 358. The summed E-state index contributed by atoms with van der Waals surface area (Å²) >= 11 is 0. The lowest BCUT2D eigenvalue weighted by Gasteiger charge is -2.30. The Balaban J connectivity index is 1.68. The lowest BCUT2D eigenvalue weighted by Crippen LogP contribution is -2.46. The van der Waals surface area contributed by atoms with Gasteiger partial charge in [0.2, 0.25) is 0 Å². The molecule has 3 nitrogen and oxygen atoms in total. The second-order valence-corrected chi connectivity index (χ2v) is 6.26. The molecule has 0 bridgehead atoms. The third-order valence-electron chi connectivity index (χ3n) is 4.54. The van der Waals surface area contributed by atoms with Crippen LogP contribution in [0.5, 0.6) is 0 Å². The van der Waals surface area contributed by atoms with Crippen molar-refractivity contribution >= 4 is 5.84 Å². The van der Waals surface area contributed by atoms with Gasteiger partial charge in [0.05, 0.1) is 0 Å². The summed E-state index contributed by atoms with van der Waals surface area (Å²) in [6, 6.07) is 0. The number of nitrogens with zero attached hydrogens (tertiary/aromatic N) is 2. The minimum absolute atomic E-state index is 0.860. The second kappa shape index (κ2) is 6.08. The molecule has 0 aromatic carbocycles. The Labute approximate surface area is 117 Å². The minimum Gasteiger partial charge on any atom is -0.358 e. The van der Waals surface area contributed by atoms with Crippen LogP contribution in [0.2, 0.25) is 0 Å². The average molecular weight is 261 g/mol. The maximum absolute atomic E-state index is 4.91. The normalized spacial score (nSPS) is 25.8. The summed E-state index contributed by atoms with van der Waals surface area (Å²) in [7, 11) is 0. The van der Waals surface area contributed by atoms with Crippen LogP contribution >= 0.6 is 0 Å². The molecule has 2 aliphatic carbocycles. The molecule has 0 radical (unpaired) electrons. The number of amidine groups is 1. The van der Waals surface area contributed by atoms with E-state index in [0.29, 0.717) is 0 Å². The van der Waals surface area contributed by atoms with E-state index in [1.165, 1.54) is 44.4 Å². The Morgan fingerprint density at radius 1 is 1.21 bits per heavy atom. The maximum Gasteiger partial charge on any atom is 0.104 e. The van der Waals surface area contributed by atoms with Gasteiger partial charge in [0.1, 0.15) is 5.84 Å². The molecule has 0 spiro atoms. The van der Waals surface area contributed by atoms with Crippen molar-refractivity contribution in [3.63, 3.8) is 0 Å². The molecule has 3 heteroatoms. The molecule has 3 aliphatic rings. The lowest BCUT2D eigenvalue weighted by atomic mass is 10.1. The standard InChI is InChI=1S/C16H27N3/c1-2-14(15-5-6-15)12-18-16(11-13-3-4-13)19-9-7-17-8-10-19/h12-13,15,17H,2-11H2,1H3/b14-12+,18-16+. The smallest absolute Gasteiger partial charge is 0.104 e. The van der Waals surface area contributed by atoms with Crippen molar-refractivity contribution in [2.24, 2.45) is 16.8 Å². The van der Waals surface area contributed by atoms with E-state index >= 15 is 0 Å². The van der Waals surface area contributed by atoms with Crippen LogP contribution in [0.25, 0.3) is 0 Å². The first-order valence-corrected chi connectivity index (χ1v) is 8.08. The number of rotatable bonds is 5. The summed E-state index contributed by atoms with van der Waals surface area (Å²) in [6.07, 6.45) is 10.2. The maximum atomic E-state index is 4.91. The van der Waals surface area contributed by atoms with Gasteiger partial charge in [-0.2, -0.15) is 0 Å². The summed E-state index contributed by atoms with van der Waals surface area (Å²) in [5.41, 5.74) is 1.57. The predicted octanol–water partition coefficient (Wildman–Crippen LogP) is 2.79. The van der Waals surface area contributed by atoms with E-state index in [-0.39, 0.29) is 0 Å². The molecular weight excluding hydrogens is 234 g/mol. The van der Waals surface area contributed by atoms with Gasteiger partial charge in [0, 0.05) is 38.8 Å². The summed E-state index contributed by atoms with van der Waals surface area (Å²) < 4.78 is 0. The molecule has 0 amide bonds. The monoisotopic (exact) mass is 261 g/mol. The Kier molecular flexibility index (Phi) is 4.21. The van der Waals surface area contributed by atoms with Crippen LogP contribution in [0.3, 0.4) is 0 Å². The van der Waals surface area contributed by atoms with Crippen LogP contribution in [0.4, 0.5) is 0 Å². The molecule has 0 unspecified atom stereocenters. The largest absolute Gasteiger partial charge is 0.358 e. The van der Waals surface area contributed by atoms with Crippen LogP contribution in [-0.4, -0.2) is 36.9 Å². The fourth-order valence-corrected chi connectivity index (χ4v) is 2.86. The van der Waals surface area contributed by atoms with E-state index in [4.69, 9.17) is 4.99 Å². The number of piperazine rings is 1. The zero-order valence-electron chi connectivity index (χ0n) is 12.2. The van der Waals surface area contributed by atoms with Crippen molar-refractivity contribution in [3.8, 4) is 0 Å². The van der Waals surface area contributed by atoms with Crippen molar-refractivity contribution in [3.05, 3.63) is 11.8 Å². The summed E-state index contributed by atoms with van der Waals surface area (Å²) in [4.78, 5) is 7.42. The van der Waals surface area contributed by atoms with E-state index in [0.717, 1.165) is 38.0 Å². The molecule has 19 heavy (non-hydrogen) atoms. The van der Waals surface area contributed by atoms with Crippen LogP contribution < -0.4 is 5.32 Å². The SMILES string of the molecule is CC/C(=C\N=C(/CC1CC1)N1CCNCC1)C1CC1. The minimum atomic E-state index is 0.860. The molecule has 0 aromatic heterocycles. The quantitative estimate of drug-likeness (QED) is 0.609. The lowest BCUT2D eigenvalue weighted by molar-refractivity contribution is 0.350. The Morgan fingerprint density at radius 3 is 2.53 bits per heavy atom. The van der Waals surface area contributed by atoms with Crippen molar-refractivity contribution < 1.29 is 0 Å². The fraction of sp³-hybridized carbons (Fsp3) is 0.812. The van der Waals surface area contributed by atoms with Crippen LogP contribution in [0.1, 0.15) is 45.4 Å². The molecule has 3 fully saturated rings. The number of nitrogens with one attached hydrogen (secondary N) is 1. The third-order valence-corrected chi connectivity index (χ3v) is 4.54. The third kappa shape index (κ3) is 3.82. The van der Waals surface area contributed by atoms with E-state index in [1.54, 1.807) is 5.57 Å². The van der Waals surface area contributed by atoms with E-state index in [1.807, 2.05) is 0 Å². The van der Waals surface area contributed by atoms with Crippen molar-refractivity contribution in [1.29, 1.82) is 0 Å². The van der Waals surface area contributed by atoms with E-state index < -0.39 is 0 Å². The van der Waals surface area contributed by atoms with E-state index in [2.05, 4.69) is 23.3 Å². The highest BCUT2D eigenvalue weighted by molar-refractivity contribution is 5.83. The highest BCUT2D eigenvalue weighted by atomic mass is 15.2. The van der Waals surface area contributed by atoms with Gasteiger partial charge in [-0.3, -0.25) is 0 Å². The first kappa shape index (κ1) is 13.2. The summed E-state index contributed by atoms with van der Waals surface area (Å²) in [5, 5.41) is 3.43. The summed E-state index contributed by atoms with van der Waals surface area (Å²) in [5.74, 6) is 3.14. The van der Waals surface area contributed by atoms with Gasteiger partial charge >= 0.3 is 0 Å². The molecule has 2 saturated carbocycles. The van der Waals surface area contributed by atoms with Crippen molar-refractivity contribution in [2.45, 2.75) is 45.4 Å². The molecule has 1 saturated heterocycles. The molecule has 0 atom stereocenters. The van der Waals surface area contributed by atoms with Crippen molar-refractivity contribution in [2.75, 3.05) is 26.2 Å². The van der Waals surface area contributed by atoms with Gasteiger partial charge in [-0.05, 0) is 49.5 Å². The molecule has 0 aromatic rings. The second-order valence-electron chi connectivity index (χ2n) is 6.26.